The standard InChI is InChI=1S/C17H18O2/c1-2-14-5-3-4-6-15(14)11-13-7-8-16-17(12-13)19-10-9-18-16/h3-8,12H,2,9-11H2,1H3. The van der Waals surface area contributed by atoms with Crippen LogP contribution in [0.5, 0.6) is 11.5 Å². The first-order chi connectivity index (χ1) is 9.36. The summed E-state index contributed by atoms with van der Waals surface area (Å²) in [6, 6.07) is 14.8. The van der Waals surface area contributed by atoms with Gasteiger partial charge >= 0.3 is 0 Å². The van der Waals surface area contributed by atoms with Crippen LogP contribution in [-0.4, -0.2) is 13.2 Å². The number of benzene rings is 2. The summed E-state index contributed by atoms with van der Waals surface area (Å²) >= 11 is 0. The van der Waals surface area contributed by atoms with Gasteiger partial charge < -0.3 is 9.47 Å². The highest BCUT2D eigenvalue weighted by atomic mass is 16.6. The van der Waals surface area contributed by atoms with Crippen LogP contribution in [0.4, 0.5) is 0 Å². The molecule has 2 nitrogen and oxygen atoms in total. The summed E-state index contributed by atoms with van der Waals surface area (Å²) in [6.07, 6.45) is 2.02. The van der Waals surface area contributed by atoms with Crippen molar-refractivity contribution in [1.82, 2.24) is 0 Å². The van der Waals surface area contributed by atoms with Gasteiger partial charge in [0.1, 0.15) is 13.2 Å². The second-order valence-electron chi connectivity index (χ2n) is 4.78. The zero-order valence-electron chi connectivity index (χ0n) is 11.2. The number of hydrogen-bond donors (Lipinski definition) is 0. The van der Waals surface area contributed by atoms with Crippen LogP contribution >= 0.6 is 0 Å². The SMILES string of the molecule is CCc1ccccc1Cc1ccc2c(c1)OCCO2. The fourth-order valence-electron chi connectivity index (χ4n) is 2.49. The van der Waals surface area contributed by atoms with Crippen molar-refractivity contribution >= 4 is 0 Å². The van der Waals surface area contributed by atoms with E-state index in [2.05, 4.69) is 43.3 Å². The number of ether oxygens (including phenoxy) is 2. The molecule has 0 unspecified atom stereocenters. The molecule has 0 bridgehead atoms. The van der Waals surface area contributed by atoms with Gasteiger partial charge in [-0.1, -0.05) is 37.3 Å². The van der Waals surface area contributed by atoms with Crippen LogP contribution in [0.3, 0.4) is 0 Å². The zero-order valence-corrected chi connectivity index (χ0v) is 11.2. The van der Waals surface area contributed by atoms with Gasteiger partial charge in [0.15, 0.2) is 11.5 Å². The van der Waals surface area contributed by atoms with E-state index in [9.17, 15) is 0 Å². The zero-order chi connectivity index (χ0) is 13.1. The van der Waals surface area contributed by atoms with Crippen LogP contribution < -0.4 is 9.47 Å². The minimum absolute atomic E-state index is 0.641. The van der Waals surface area contributed by atoms with Crippen molar-refractivity contribution in [3.63, 3.8) is 0 Å². The molecule has 0 fully saturated rings. The van der Waals surface area contributed by atoms with Crippen molar-refractivity contribution in [2.45, 2.75) is 19.8 Å². The highest BCUT2D eigenvalue weighted by molar-refractivity contribution is 5.45. The molecule has 0 aliphatic carbocycles. The summed E-state index contributed by atoms with van der Waals surface area (Å²) in [7, 11) is 0. The second kappa shape index (κ2) is 5.35. The fourth-order valence-corrected chi connectivity index (χ4v) is 2.49. The second-order valence-corrected chi connectivity index (χ2v) is 4.78. The Labute approximate surface area is 114 Å². The van der Waals surface area contributed by atoms with Crippen LogP contribution in [0.1, 0.15) is 23.6 Å². The molecule has 3 rings (SSSR count). The topological polar surface area (TPSA) is 18.5 Å². The average Bonchev–Trinajstić information content (AvgIpc) is 2.48. The Hall–Kier alpha value is -1.96. The van der Waals surface area contributed by atoms with E-state index in [1.54, 1.807) is 0 Å². The van der Waals surface area contributed by atoms with E-state index in [0.717, 1.165) is 24.3 Å². The summed E-state index contributed by atoms with van der Waals surface area (Å²) in [4.78, 5) is 0. The van der Waals surface area contributed by atoms with E-state index in [0.29, 0.717) is 13.2 Å². The Balaban J connectivity index is 1.87. The minimum atomic E-state index is 0.641. The summed E-state index contributed by atoms with van der Waals surface area (Å²) in [6.45, 7) is 3.48. The molecule has 1 aliphatic rings. The molecule has 1 heterocycles. The Morgan fingerprint density at radius 2 is 1.63 bits per heavy atom. The van der Waals surface area contributed by atoms with Crippen molar-refractivity contribution in [2.24, 2.45) is 0 Å². The molecule has 0 atom stereocenters. The highest BCUT2D eigenvalue weighted by Gasteiger charge is 2.12. The predicted molar refractivity (Wildman–Crippen MR) is 76.1 cm³/mol. The van der Waals surface area contributed by atoms with Gasteiger partial charge in [-0.25, -0.2) is 0 Å². The van der Waals surface area contributed by atoms with Gasteiger partial charge in [0.2, 0.25) is 0 Å². The monoisotopic (exact) mass is 254 g/mol. The summed E-state index contributed by atoms with van der Waals surface area (Å²) < 4.78 is 11.2. The number of hydrogen-bond acceptors (Lipinski definition) is 2. The smallest absolute Gasteiger partial charge is 0.161 e. The van der Waals surface area contributed by atoms with Crippen molar-refractivity contribution < 1.29 is 9.47 Å². The fraction of sp³-hybridized carbons (Fsp3) is 0.294. The van der Waals surface area contributed by atoms with Crippen LogP contribution in [-0.2, 0) is 12.8 Å². The van der Waals surface area contributed by atoms with Gasteiger partial charge in [-0.3, -0.25) is 0 Å². The molecular formula is C17H18O2. The number of rotatable bonds is 3. The quantitative estimate of drug-likeness (QED) is 0.833. The van der Waals surface area contributed by atoms with E-state index < -0.39 is 0 Å². The van der Waals surface area contributed by atoms with E-state index >= 15 is 0 Å². The van der Waals surface area contributed by atoms with Crippen molar-refractivity contribution in [1.29, 1.82) is 0 Å². The lowest BCUT2D eigenvalue weighted by Gasteiger charge is -2.19. The summed E-state index contributed by atoms with van der Waals surface area (Å²) in [5, 5.41) is 0. The molecule has 2 heteroatoms. The summed E-state index contributed by atoms with van der Waals surface area (Å²) in [5.41, 5.74) is 4.07. The molecule has 0 N–H and O–H groups in total. The van der Waals surface area contributed by atoms with E-state index in [4.69, 9.17) is 9.47 Å². The maximum Gasteiger partial charge on any atom is 0.161 e. The maximum atomic E-state index is 5.63. The normalized spacial score (nSPS) is 13.3. The molecule has 0 aromatic heterocycles. The molecule has 2 aromatic carbocycles. The van der Waals surface area contributed by atoms with Crippen molar-refractivity contribution in [3.8, 4) is 11.5 Å². The lowest BCUT2D eigenvalue weighted by atomic mass is 9.98. The highest BCUT2D eigenvalue weighted by Crippen LogP contribution is 2.31. The molecule has 2 aromatic rings. The van der Waals surface area contributed by atoms with Crippen LogP contribution in [0.15, 0.2) is 42.5 Å². The molecule has 0 saturated carbocycles. The third kappa shape index (κ3) is 2.58. The number of fused-ring (bicyclic) bond motifs is 1. The average molecular weight is 254 g/mol. The predicted octanol–water partition coefficient (Wildman–Crippen LogP) is 3.61. The van der Waals surface area contributed by atoms with Gasteiger partial charge in [0, 0.05) is 0 Å². The Morgan fingerprint density at radius 3 is 2.42 bits per heavy atom. The first-order valence-electron chi connectivity index (χ1n) is 6.82. The molecule has 98 valence electrons. The molecule has 0 radical (unpaired) electrons. The molecule has 0 saturated heterocycles. The minimum Gasteiger partial charge on any atom is -0.486 e. The molecule has 0 amide bonds. The third-order valence-corrected chi connectivity index (χ3v) is 3.50. The first-order valence-corrected chi connectivity index (χ1v) is 6.82. The molecule has 1 aliphatic heterocycles. The van der Waals surface area contributed by atoms with Crippen molar-refractivity contribution in [3.05, 3.63) is 59.2 Å². The Morgan fingerprint density at radius 1 is 0.895 bits per heavy atom. The van der Waals surface area contributed by atoms with Gasteiger partial charge in [0.05, 0.1) is 0 Å². The van der Waals surface area contributed by atoms with Crippen LogP contribution in [0, 0.1) is 0 Å². The lowest BCUT2D eigenvalue weighted by Crippen LogP contribution is -2.15. The van der Waals surface area contributed by atoms with E-state index in [1.165, 1.54) is 16.7 Å². The van der Waals surface area contributed by atoms with Gasteiger partial charge in [-0.05, 0) is 41.7 Å². The maximum absolute atomic E-state index is 5.63. The Kier molecular flexibility index (Phi) is 3.41. The molecular weight excluding hydrogens is 236 g/mol. The largest absolute Gasteiger partial charge is 0.486 e. The first kappa shape index (κ1) is 12.1. The third-order valence-electron chi connectivity index (χ3n) is 3.50. The number of aryl methyl sites for hydroxylation is 1. The lowest BCUT2D eigenvalue weighted by molar-refractivity contribution is 0.171. The summed E-state index contributed by atoms with van der Waals surface area (Å²) in [5.74, 6) is 1.73. The van der Waals surface area contributed by atoms with Gasteiger partial charge in [-0.15, -0.1) is 0 Å². The molecule has 0 spiro atoms. The van der Waals surface area contributed by atoms with Crippen molar-refractivity contribution in [2.75, 3.05) is 13.2 Å². The van der Waals surface area contributed by atoms with Crippen LogP contribution in [0.25, 0.3) is 0 Å². The van der Waals surface area contributed by atoms with E-state index in [-0.39, 0.29) is 0 Å². The molecule has 19 heavy (non-hydrogen) atoms. The van der Waals surface area contributed by atoms with Crippen LogP contribution in [0.2, 0.25) is 0 Å². The Bertz CT molecular complexity index is 575. The van der Waals surface area contributed by atoms with Gasteiger partial charge in [0.25, 0.3) is 0 Å². The van der Waals surface area contributed by atoms with Gasteiger partial charge in [-0.2, -0.15) is 0 Å². The van der Waals surface area contributed by atoms with E-state index in [1.807, 2.05) is 6.07 Å².